The zero-order valence-electron chi connectivity index (χ0n) is 2.75. The SMILES string of the molecule is S=[P+]1P2P3PC321. The second-order valence-corrected chi connectivity index (χ2v) is 19.5. The summed E-state index contributed by atoms with van der Waals surface area (Å²) in [4.78, 5) is 0. The molecule has 0 aromatic rings. The van der Waals surface area contributed by atoms with Crippen LogP contribution in [-0.4, -0.2) is 4.38 Å². The van der Waals surface area contributed by atoms with Gasteiger partial charge in [-0.3, -0.25) is 0 Å². The molecule has 0 aromatic carbocycles. The lowest BCUT2D eigenvalue weighted by atomic mass is 11.8. The molecule has 1 spiro atoms. The Morgan fingerprint density at radius 1 is 1.83 bits per heavy atom. The van der Waals surface area contributed by atoms with Crippen LogP contribution in [0.1, 0.15) is 0 Å². The summed E-state index contributed by atoms with van der Waals surface area (Å²) in [6.07, 6.45) is 0.347. The van der Waals surface area contributed by atoms with Gasteiger partial charge in [-0.15, -0.1) is 0 Å². The highest BCUT2D eigenvalue weighted by Gasteiger charge is 3.13. The minimum atomic E-state index is 0.347. The largest absolute Gasteiger partial charge is 0.252 e. The van der Waals surface area contributed by atoms with Crippen molar-refractivity contribution in [1.82, 2.24) is 0 Å². The molecular weight excluding hydrogens is 168 g/mol. The molecule has 3 aliphatic heterocycles. The van der Waals surface area contributed by atoms with Crippen LogP contribution in [0, 0.1) is 0 Å². The molecule has 0 bridgehead atoms. The van der Waals surface area contributed by atoms with E-state index in [2.05, 4.69) is 0 Å². The summed E-state index contributed by atoms with van der Waals surface area (Å²) in [6.45, 7) is 0. The molecule has 0 radical (unpaired) electrons. The average Bonchev–Trinajstić information content (AvgIpc) is 2.13. The highest BCUT2D eigenvalue weighted by molar-refractivity contribution is 9.18. The first kappa shape index (κ1) is 3.76. The van der Waals surface area contributed by atoms with E-state index in [1.165, 1.54) is 8.27 Å². The van der Waals surface area contributed by atoms with E-state index in [-0.39, 0.29) is 0 Å². The van der Waals surface area contributed by atoms with Crippen LogP contribution in [-0.2, 0) is 11.8 Å². The first-order valence-corrected chi connectivity index (χ1v) is 10.0. The minimum Gasteiger partial charge on any atom is -0.0104 e. The smallest absolute Gasteiger partial charge is 0.0104 e. The number of hydrogen-bond donors (Lipinski definition) is 0. The highest BCUT2D eigenvalue weighted by atomic mass is 32.9. The fourth-order valence-electron chi connectivity index (χ4n) is 0.719. The van der Waals surface area contributed by atoms with E-state index >= 15 is 0 Å². The number of rotatable bonds is 0. The van der Waals surface area contributed by atoms with Gasteiger partial charge in [0.25, 0.3) is 4.38 Å². The molecule has 0 amide bonds. The first-order valence-electron chi connectivity index (χ1n) is 1.73. The molecule has 5 heteroatoms. The summed E-state index contributed by atoms with van der Waals surface area (Å²) in [6, 6.07) is 0. The second-order valence-electron chi connectivity index (χ2n) is 1.62. The van der Waals surface area contributed by atoms with Gasteiger partial charge in [-0.25, -0.2) is 0 Å². The molecule has 5 atom stereocenters. The third-order valence-corrected chi connectivity index (χ3v) is 34.7. The highest BCUT2D eigenvalue weighted by Crippen LogP contribution is 3.54. The van der Waals surface area contributed by atoms with Crippen LogP contribution in [0.4, 0.5) is 0 Å². The molecule has 3 saturated heterocycles. The maximum absolute atomic E-state index is 5.18. The monoisotopic (exact) mass is 169 g/mol. The summed E-state index contributed by atoms with van der Waals surface area (Å²) in [5, 5.41) is 0. The van der Waals surface area contributed by atoms with Crippen molar-refractivity contribution in [3.05, 3.63) is 0 Å². The van der Waals surface area contributed by atoms with Crippen molar-refractivity contribution < 1.29 is 0 Å². The molecule has 3 heterocycles. The zero-order chi connectivity index (χ0) is 3.94. The number of hydrogen-bond acceptors (Lipinski definition) is 1. The summed E-state index contributed by atoms with van der Waals surface area (Å²) < 4.78 is 1.08. The van der Waals surface area contributed by atoms with E-state index < -0.39 is 0 Å². The van der Waals surface area contributed by atoms with Gasteiger partial charge in [-0.1, -0.05) is 0 Å². The quantitative estimate of drug-likeness (QED) is 0.502. The predicted octanol–water partition coefficient (Wildman–Crippen LogP) is 2.97. The van der Waals surface area contributed by atoms with Crippen LogP contribution in [0.3, 0.4) is 0 Å². The Morgan fingerprint density at radius 2 is 2.50 bits per heavy atom. The van der Waals surface area contributed by atoms with Crippen molar-refractivity contribution in [2.24, 2.45) is 0 Å². The van der Waals surface area contributed by atoms with Crippen LogP contribution >= 0.6 is 29.3 Å². The molecule has 5 unspecified atom stereocenters. The van der Waals surface area contributed by atoms with Gasteiger partial charge in [0.15, 0.2) is 11.8 Å². The molecule has 3 rings (SSSR count). The van der Waals surface area contributed by atoms with Crippen molar-refractivity contribution in [1.29, 1.82) is 0 Å². The molecule has 0 nitrogen and oxygen atoms in total. The topological polar surface area (TPSA) is 0 Å². The molecular formula is CHP4S+. The van der Waals surface area contributed by atoms with Gasteiger partial charge >= 0.3 is 0 Å². The van der Waals surface area contributed by atoms with Crippen molar-refractivity contribution in [2.75, 3.05) is 0 Å². The molecule has 3 aliphatic rings. The summed E-state index contributed by atoms with van der Waals surface area (Å²) in [5.74, 6) is 0. The lowest BCUT2D eigenvalue weighted by molar-refractivity contribution is 2.09. The lowest BCUT2D eigenvalue weighted by Gasteiger charge is -1.53. The van der Waals surface area contributed by atoms with Gasteiger partial charge in [-0.2, -0.15) is 0 Å². The van der Waals surface area contributed by atoms with E-state index in [4.69, 9.17) is 11.8 Å². The number of fused-ring (bicyclic) bond motifs is 1. The average molecular weight is 169 g/mol. The Bertz CT molecular complexity index is 165. The first-order chi connectivity index (χ1) is 2.87. The van der Waals surface area contributed by atoms with E-state index in [1.807, 2.05) is 0 Å². The molecule has 0 N–H and O–H groups in total. The van der Waals surface area contributed by atoms with Gasteiger partial charge < -0.3 is 0 Å². The van der Waals surface area contributed by atoms with Gasteiger partial charge in [0.2, 0.25) is 13.7 Å². The van der Waals surface area contributed by atoms with E-state index in [1.54, 1.807) is 0 Å². The van der Waals surface area contributed by atoms with E-state index in [9.17, 15) is 0 Å². The van der Waals surface area contributed by atoms with Crippen molar-refractivity contribution >= 4 is 41.1 Å². The Labute approximate surface area is 45.9 Å². The van der Waals surface area contributed by atoms with Gasteiger partial charge in [0, 0.05) is 0 Å². The van der Waals surface area contributed by atoms with Crippen LogP contribution < -0.4 is 0 Å². The Hall–Kier alpha value is 1.81. The molecule has 6 heavy (non-hydrogen) atoms. The van der Waals surface area contributed by atoms with Gasteiger partial charge in [0.1, 0.15) is 0 Å². The molecule has 30 valence electrons. The van der Waals surface area contributed by atoms with Crippen molar-refractivity contribution in [3.8, 4) is 0 Å². The van der Waals surface area contributed by atoms with Crippen LogP contribution in [0.15, 0.2) is 0 Å². The molecule has 3 fully saturated rings. The minimum absolute atomic E-state index is 0.347. The molecule has 0 aromatic heterocycles. The van der Waals surface area contributed by atoms with Crippen LogP contribution in [0.25, 0.3) is 0 Å². The Kier molecular flexibility index (Phi) is 0.455. The fraction of sp³-hybridized carbons (Fsp3) is 1.00. The van der Waals surface area contributed by atoms with E-state index in [0.29, 0.717) is 13.7 Å². The van der Waals surface area contributed by atoms with E-state index in [0.717, 1.165) is 11.7 Å². The third-order valence-electron chi connectivity index (χ3n) is 1.33. The molecule has 0 saturated carbocycles. The Balaban J connectivity index is 2.39. The van der Waals surface area contributed by atoms with Gasteiger partial charge in [0.05, 0.1) is 7.30 Å². The standard InChI is InChI=1S/CHP4S/c6-5-1-2-3(1)4(1)5/h2H/q+1. The molecule has 0 aliphatic carbocycles. The normalized spacial score (nSPS) is 88.3. The maximum atomic E-state index is 5.18. The van der Waals surface area contributed by atoms with Crippen molar-refractivity contribution in [3.63, 3.8) is 0 Å². The van der Waals surface area contributed by atoms with Crippen LogP contribution in [0.5, 0.6) is 0 Å². The van der Waals surface area contributed by atoms with Gasteiger partial charge in [-0.05, 0) is 8.27 Å². The van der Waals surface area contributed by atoms with Crippen LogP contribution in [0.2, 0.25) is 0 Å². The summed E-state index contributed by atoms with van der Waals surface area (Å²) >= 11 is 5.18. The lowest BCUT2D eigenvalue weighted by Crippen LogP contribution is -1.38. The fourth-order valence-corrected chi connectivity index (χ4v) is 48.2. The van der Waals surface area contributed by atoms with Crippen molar-refractivity contribution in [2.45, 2.75) is 4.38 Å². The second kappa shape index (κ2) is 0.725. The predicted molar refractivity (Wildman–Crippen MR) is 39.2 cm³/mol. The third kappa shape index (κ3) is 0.187. The Morgan fingerprint density at radius 3 is 2.50 bits per heavy atom. The summed E-state index contributed by atoms with van der Waals surface area (Å²) in [7, 11) is 2.93. The maximum Gasteiger partial charge on any atom is 0.252 e. The zero-order valence-corrected chi connectivity index (χ0v) is 7.25. The summed E-state index contributed by atoms with van der Waals surface area (Å²) in [5.41, 5.74) is 0.